The molecule has 0 aromatic rings. The van der Waals surface area contributed by atoms with Crippen molar-refractivity contribution in [2.24, 2.45) is 17.8 Å². The first-order chi connectivity index (χ1) is 10.2. The minimum absolute atomic E-state index is 0.0578. The van der Waals surface area contributed by atoms with Crippen LogP contribution in [0.15, 0.2) is 0 Å². The quantitative estimate of drug-likeness (QED) is 0.742. The average molecular weight is 295 g/mol. The van der Waals surface area contributed by atoms with Gasteiger partial charge in [-0.1, -0.05) is 33.6 Å². The normalized spacial score (nSPS) is 30.5. The van der Waals surface area contributed by atoms with E-state index >= 15 is 0 Å². The molecule has 0 aromatic heterocycles. The van der Waals surface area contributed by atoms with Crippen LogP contribution in [0.25, 0.3) is 0 Å². The molecule has 1 heterocycles. The number of amides is 1. The lowest BCUT2D eigenvalue weighted by molar-refractivity contribution is 0.00613. The predicted molar refractivity (Wildman–Crippen MR) is 86.3 cm³/mol. The van der Waals surface area contributed by atoms with Gasteiger partial charge in [0.15, 0.2) is 0 Å². The van der Waals surface area contributed by atoms with E-state index in [1.165, 1.54) is 25.7 Å². The molecule has 0 spiro atoms. The molecule has 0 bridgehead atoms. The third-order valence-corrected chi connectivity index (χ3v) is 5.75. The Morgan fingerprint density at radius 2 is 1.81 bits per heavy atom. The molecule has 2 fully saturated rings. The van der Waals surface area contributed by atoms with Gasteiger partial charge in [-0.3, -0.25) is 0 Å². The van der Waals surface area contributed by atoms with Gasteiger partial charge in [0.1, 0.15) is 6.10 Å². The monoisotopic (exact) mass is 295 g/mol. The maximum atomic E-state index is 12.3. The van der Waals surface area contributed by atoms with Gasteiger partial charge in [0, 0.05) is 13.1 Å². The van der Waals surface area contributed by atoms with Gasteiger partial charge in [0.25, 0.3) is 0 Å². The smallest absolute Gasteiger partial charge is 0.410 e. The van der Waals surface area contributed by atoms with Crippen LogP contribution in [0.2, 0.25) is 0 Å². The molecule has 3 atom stereocenters. The summed E-state index contributed by atoms with van der Waals surface area (Å²) in [6.45, 7) is 8.75. The van der Waals surface area contributed by atoms with E-state index in [0.717, 1.165) is 56.5 Å². The summed E-state index contributed by atoms with van der Waals surface area (Å²) in [6, 6.07) is 0. The lowest BCUT2D eigenvalue weighted by Gasteiger charge is -2.39. The zero-order valence-corrected chi connectivity index (χ0v) is 14.1. The molecule has 1 amide bonds. The maximum Gasteiger partial charge on any atom is 0.410 e. The summed E-state index contributed by atoms with van der Waals surface area (Å²) in [6.07, 6.45) is 9.45. The van der Waals surface area contributed by atoms with E-state index < -0.39 is 0 Å². The van der Waals surface area contributed by atoms with Gasteiger partial charge < -0.3 is 9.64 Å². The van der Waals surface area contributed by atoms with Crippen molar-refractivity contribution in [3.8, 4) is 0 Å². The van der Waals surface area contributed by atoms with E-state index in [-0.39, 0.29) is 12.2 Å². The SMILES string of the molecule is CCC(CC)C1CC(OC(=O)N2CCCCC2)CCC1C. The van der Waals surface area contributed by atoms with Gasteiger partial charge >= 0.3 is 6.09 Å². The van der Waals surface area contributed by atoms with Crippen LogP contribution in [0.4, 0.5) is 4.79 Å². The van der Waals surface area contributed by atoms with Crippen molar-refractivity contribution in [1.29, 1.82) is 0 Å². The number of rotatable bonds is 4. The second-order valence-electron chi connectivity index (χ2n) is 7.08. The van der Waals surface area contributed by atoms with Crippen LogP contribution in [0.5, 0.6) is 0 Å². The Bertz CT molecular complexity index is 321. The molecule has 3 unspecified atom stereocenters. The van der Waals surface area contributed by atoms with E-state index in [1.54, 1.807) is 0 Å². The van der Waals surface area contributed by atoms with Gasteiger partial charge in [-0.25, -0.2) is 4.79 Å². The fourth-order valence-electron chi connectivity index (χ4n) is 4.27. The Labute approximate surface area is 130 Å². The van der Waals surface area contributed by atoms with E-state index in [1.807, 2.05) is 4.90 Å². The number of carbonyl (C=O) groups is 1. The third-order valence-electron chi connectivity index (χ3n) is 5.75. The molecule has 122 valence electrons. The summed E-state index contributed by atoms with van der Waals surface area (Å²) in [5.41, 5.74) is 0. The first kappa shape index (κ1) is 16.6. The molecular weight excluding hydrogens is 262 g/mol. The van der Waals surface area contributed by atoms with Gasteiger partial charge in [0.2, 0.25) is 0 Å². The molecule has 0 aromatic carbocycles. The molecule has 1 saturated heterocycles. The van der Waals surface area contributed by atoms with Crippen molar-refractivity contribution in [2.45, 2.75) is 78.2 Å². The minimum Gasteiger partial charge on any atom is -0.446 e. The van der Waals surface area contributed by atoms with E-state index in [9.17, 15) is 4.79 Å². The molecule has 0 radical (unpaired) electrons. The van der Waals surface area contributed by atoms with Crippen LogP contribution in [0.3, 0.4) is 0 Å². The van der Waals surface area contributed by atoms with Crippen molar-refractivity contribution < 1.29 is 9.53 Å². The summed E-state index contributed by atoms with van der Waals surface area (Å²) in [5.74, 6) is 2.30. The standard InChI is InChI=1S/C18H33NO2/c1-4-15(5-2)17-13-16(10-9-14(17)3)21-18(20)19-11-7-6-8-12-19/h14-17H,4-13H2,1-3H3. The van der Waals surface area contributed by atoms with E-state index in [4.69, 9.17) is 4.74 Å². The molecule has 1 aliphatic carbocycles. The molecule has 3 heteroatoms. The number of ether oxygens (including phenoxy) is 1. The lowest BCUT2D eigenvalue weighted by Crippen LogP contribution is -2.40. The molecule has 2 aliphatic rings. The minimum atomic E-state index is -0.0578. The van der Waals surface area contributed by atoms with Crippen LogP contribution in [-0.4, -0.2) is 30.2 Å². The van der Waals surface area contributed by atoms with Crippen molar-refractivity contribution in [3.63, 3.8) is 0 Å². The van der Waals surface area contributed by atoms with Gasteiger partial charge in [-0.05, 0) is 56.3 Å². The number of nitrogens with zero attached hydrogens (tertiary/aromatic N) is 1. The largest absolute Gasteiger partial charge is 0.446 e. The summed E-state index contributed by atoms with van der Waals surface area (Å²) in [7, 11) is 0. The van der Waals surface area contributed by atoms with Crippen molar-refractivity contribution in [1.82, 2.24) is 4.90 Å². The summed E-state index contributed by atoms with van der Waals surface area (Å²) >= 11 is 0. The summed E-state index contributed by atoms with van der Waals surface area (Å²) < 4.78 is 5.84. The fraction of sp³-hybridized carbons (Fsp3) is 0.944. The van der Waals surface area contributed by atoms with Gasteiger partial charge in [-0.2, -0.15) is 0 Å². The molecule has 3 nitrogen and oxygen atoms in total. The summed E-state index contributed by atoms with van der Waals surface area (Å²) in [5, 5.41) is 0. The Kier molecular flexibility index (Phi) is 6.38. The second kappa shape index (κ2) is 8.05. The lowest BCUT2D eigenvalue weighted by atomic mass is 9.70. The molecule has 0 N–H and O–H groups in total. The van der Waals surface area contributed by atoms with Crippen LogP contribution in [0, 0.1) is 17.8 Å². The first-order valence-corrected chi connectivity index (χ1v) is 9.11. The Balaban J connectivity index is 1.87. The Hall–Kier alpha value is -0.730. The number of hydrogen-bond acceptors (Lipinski definition) is 2. The zero-order valence-electron chi connectivity index (χ0n) is 14.1. The van der Waals surface area contributed by atoms with Gasteiger partial charge in [0.05, 0.1) is 0 Å². The Morgan fingerprint density at radius 1 is 1.14 bits per heavy atom. The topological polar surface area (TPSA) is 29.5 Å². The highest BCUT2D eigenvalue weighted by atomic mass is 16.6. The summed E-state index contributed by atoms with van der Waals surface area (Å²) in [4.78, 5) is 14.2. The number of hydrogen-bond donors (Lipinski definition) is 0. The Morgan fingerprint density at radius 3 is 2.43 bits per heavy atom. The molecule has 1 aliphatic heterocycles. The van der Waals surface area contributed by atoms with Crippen LogP contribution < -0.4 is 0 Å². The van der Waals surface area contributed by atoms with Crippen molar-refractivity contribution in [3.05, 3.63) is 0 Å². The zero-order chi connectivity index (χ0) is 15.2. The first-order valence-electron chi connectivity index (χ1n) is 9.11. The molecule has 1 saturated carbocycles. The van der Waals surface area contributed by atoms with Gasteiger partial charge in [-0.15, -0.1) is 0 Å². The maximum absolute atomic E-state index is 12.3. The number of carbonyl (C=O) groups excluding carboxylic acids is 1. The fourth-order valence-corrected chi connectivity index (χ4v) is 4.27. The third kappa shape index (κ3) is 4.37. The van der Waals surface area contributed by atoms with Crippen LogP contribution in [0.1, 0.15) is 72.1 Å². The van der Waals surface area contributed by atoms with E-state index in [0.29, 0.717) is 0 Å². The highest BCUT2D eigenvalue weighted by Crippen LogP contribution is 2.39. The highest BCUT2D eigenvalue weighted by Gasteiger charge is 2.34. The highest BCUT2D eigenvalue weighted by molar-refractivity contribution is 5.67. The predicted octanol–water partition coefficient (Wildman–Crippen LogP) is 4.85. The van der Waals surface area contributed by atoms with Crippen molar-refractivity contribution >= 4 is 6.09 Å². The second-order valence-corrected chi connectivity index (χ2v) is 7.08. The van der Waals surface area contributed by atoms with E-state index in [2.05, 4.69) is 20.8 Å². The molecule has 21 heavy (non-hydrogen) atoms. The van der Waals surface area contributed by atoms with Crippen molar-refractivity contribution in [2.75, 3.05) is 13.1 Å². The number of piperidine rings is 1. The van der Waals surface area contributed by atoms with Crippen LogP contribution in [-0.2, 0) is 4.74 Å². The average Bonchev–Trinajstić information content (AvgIpc) is 2.52. The molecule has 2 rings (SSSR count). The number of likely N-dealkylation sites (tertiary alicyclic amines) is 1. The molecular formula is C18H33NO2. The van der Waals surface area contributed by atoms with Crippen LogP contribution >= 0.6 is 0 Å².